The number of rotatable bonds is 6. The first kappa shape index (κ1) is 14.3. The third-order valence-electron chi connectivity index (χ3n) is 3.76. The molecule has 1 aliphatic heterocycles. The van der Waals surface area contributed by atoms with Crippen LogP contribution in [0.4, 0.5) is 0 Å². The second kappa shape index (κ2) is 6.85. The van der Waals surface area contributed by atoms with E-state index in [1.54, 1.807) is 0 Å². The van der Waals surface area contributed by atoms with E-state index in [0.29, 0.717) is 25.3 Å². The van der Waals surface area contributed by atoms with Gasteiger partial charge in [-0.1, -0.05) is 13.0 Å². The SMILES string of the molecule is CCC1CCCN1C(=O)CCCC(=O)c1cccs1. The number of hydrogen-bond acceptors (Lipinski definition) is 3. The monoisotopic (exact) mass is 279 g/mol. The van der Waals surface area contributed by atoms with Crippen molar-refractivity contribution < 1.29 is 9.59 Å². The van der Waals surface area contributed by atoms with Gasteiger partial charge >= 0.3 is 0 Å². The number of nitrogens with zero attached hydrogens (tertiary/aromatic N) is 1. The largest absolute Gasteiger partial charge is 0.340 e. The number of amides is 1. The molecule has 1 aliphatic rings. The molecule has 0 bridgehead atoms. The third-order valence-corrected chi connectivity index (χ3v) is 4.67. The predicted octanol–water partition coefficient (Wildman–Crippen LogP) is 3.50. The first-order valence-corrected chi connectivity index (χ1v) is 7.96. The van der Waals surface area contributed by atoms with Gasteiger partial charge in [-0.15, -0.1) is 11.3 Å². The van der Waals surface area contributed by atoms with E-state index in [-0.39, 0.29) is 11.7 Å². The minimum Gasteiger partial charge on any atom is -0.340 e. The lowest BCUT2D eigenvalue weighted by atomic mass is 10.1. The number of carbonyl (C=O) groups is 2. The van der Waals surface area contributed by atoms with Crippen LogP contribution in [0, 0.1) is 0 Å². The maximum Gasteiger partial charge on any atom is 0.222 e. The maximum absolute atomic E-state index is 12.1. The van der Waals surface area contributed by atoms with Crippen molar-refractivity contribution in [3.05, 3.63) is 22.4 Å². The van der Waals surface area contributed by atoms with E-state index in [2.05, 4.69) is 6.92 Å². The summed E-state index contributed by atoms with van der Waals surface area (Å²) >= 11 is 1.47. The van der Waals surface area contributed by atoms with Crippen LogP contribution in [0.2, 0.25) is 0 Å². The van der Waals surface area contributed by atoms with Gasteiger partial charge in [0.2, 0.25) is 5.91 Å². The van der Waals surface area contributed by atoms with Crippen LogP contribution >= 0.6 is 11.3 Å². The zero-order valence-corrected chi connectivity index (χ0v) is 12.2. The number of Topliss-reactive ketones (excluding diaryl/α,β-unsaturated/α-hetero) is 1. The van der Waals surface area contributed by atoms with Crippen LogP contribution in [0.15, 0.2) is 17.5 Å². The van der Waals surface area contributed by atoms with Crippen molar-refractivity contribution >= 4 is 23.0 Å². The number of likely N-dealkylation sites (tertiary alicyclic amines) is 1. The van der Waals surface area contributed by atoms with Gasteiger partial charge in [0.1, 0.15) is 0 Å². The lowest BCUT2D eigenvalue weighted by Crippen LogP contribution is -2.34. The summed E-state index contributed by atoms with van der Waals surface area (Å²) in [6.07, 6.45) is 4.96. The Bertz CT molecular complexity index is 427. The number of ketones is 1. The molecule has 104 valence electrons. The molecule has 3 nitrogen and oxygen atoms in total. The zero-order chi connectivity index (χ0) is 13.7. The number of thiophene rings is 1. The Hall–Kier alpha value is -1.16. The molecular formula is C15H21NO2S. The van der Waals surface area contributed by atoms with E-state index in [0.717, 1.165) is 30.7 Å². The minimum absolute atomic E-state index is 0.163. The summed E-state index contributed by atoms with van der Waals surface area (Å²) in [5.41, 5.74) is 0. The fraction of sp³-hybridized carbons (Fsp3) is 0.600. The Labute approximate surface area is 118 Å². The summed E-state index contributed by atoms with van der Waals surface area (Å²) in [6.45, 7) is 3.03. The van der Waals surface area contributed by atoms with Gasteiger partial charge in [-0.2, -0.15) is 0 Å². The fourth-order valence-electron chi connectivity index (χ4n) is 2.69. The van der Waals surface area contributed by atoms with E-state index < -0.39 is 0 Å². The van der Waals surface area contributed by atoms with Crippen molar-refractivity contribution in [1.82, 2.24) is 4.90 Å². The molecule has 1 aromatic heterocycles. The molecule has 0 spiro atoms. The topological polar surface area (TPSA) is 37.4 Å². The lowest BCUT2D eigenvalue weighted by molar-refractivity contribution is -0.132. The maximum atomic E-state index is 12.1. The van der Waals surface area contributed by atoms with Gasteiger partial charge in [0, 0.05) is 25.4 Å². The van der Waals surface area contributed by atoms with Crippen LogP contribution < -0.4 is 0 Å². The zero-order valence-electron chi connectivity index (χ0n) is 11.4. The summed E-state index contributed by atoms with van der Waals surface area (Å²) in [4.78, 5) is 26.7. The summed E-state index contributed by atoms with van der Waals surface area (Å²) in [5.74, 6) is 0.389. The smallest absolute Gasteiger partial charge is 0.222 e. The highest BCUT2D eigenvalue weighted by molar-refractivity contribution is 7.12. The number of carbonyl (C=O) groups excluding carboxylic acids is 2. The Balaban J connectivity index is 1.73. The molecule has 2 rings (SSSR count). The molecule has 0 saturated carbocycles. The second-order valence-corrected chi connectivity index (χ2v) is 5.99. The van der Waals surface area contributed by atoms with Crippen LogP contribution in [0.3, 0.4) is 0 Å². The van der Waals surface area contributed by atoms with Crippen LogP contribution in [-0.4, -0.2) is 29.2 Å². The van der Waals surface area contributed by atoms with Gasteiger partial charge in [0.25, 0.3) is 0 Å². The van der Waals surface area contributed by atoms with E-state index in [1.807, 2.05) is 22.4 Å². The van der Waals surface area contributed by atoms with Crippen molar-refractivity contribution in [3.8, 4) is 0 Å². The Morgan fingerprint density at radius 3 is 2.95 bits per heavy atom. The molecule has 1 fully saturated rings. The van der Waals surface area contributed by atoms with Gasteiger partial charge in [-0.3, -0.25) is 9.59 Å². The standard InChI is InChI=1S/C15H21NO2S/c1-2-12-6-4-10-16(12)15(18)9-3-7-13(17)14-8-5-11-19-14/h5,8,11-12H,2-4,6-7,9-10H2,1H3. The molecule has 0 radical (unpaired) electrons. The van der Waals surface area contributed by atoms with Gasteiger partial charge < -0.3 is 4.90 Å². The van der Waals surface area contributed by atoms with Gasteiger partial charge in [0.15, 0.2) is 5.78 Å². The van der Waals surface area contributed by atoms with Gasteiger partial charge in [-0.05, 0) is 37.1 Å². The summed E-state index contributed by atoms with van der Waals surface area (Å²) in [6, 6.07) is 4.17. The van der Waals surface area contributed by atoms with Crippen LogP contribution in [-0.2, 0) is 4.79 Å². The predicted molar refractivity (Wildman–Crippen MR) is 77.5 cm³/mol. The van der Waals surface area contributed by atoms with Crippen LogP contribution in [0.25, 0.3) is 0 Å². The Kier molecular flexibility index (Phi) is 5.14. The van der Waals surface area contributed by atoms with Gasteiger partial charge in [0.05, 0.1) is 4.88 Å². The Morgan fingerprint density at radius 1 is 1.42 bits per heavy atom. The summed E-state index contributed by atoms with van der Waals surface area (Å²) < 4.78 is 0. The van der Waals surface area contributed by atoms with E-state index >= 15 is 0 Å². The molecule has 1 unspecified atom stereocenters. The summed E-state index contributed by atoms with van der Waals surface area (Å²) in [7, 11) is 0. The fourth-order valence-corrected chi connectivity index (χ4v) is 3.39. The van der Waals surface area contributed by atoms with Gasteiger partial charge in [-0.25, -0.2) is 0 Å². The normalized spacial score (nSPS) is 18.8. The second-order valence-electron chi connectivity index (χ2n) is 5.05. The van der Waals surface area contributed by atoms with Crippen molar-refractivity contribution in [1.29, 1.82) is 0 Å². The molecular weight excluding hydrogens is 258 g/mol. The first-order chi connectivity index (χ1) is 9.22. The molecule has 4 heteroatoms. The third kappa shape index (κ3) is 3.66. The molecule has 1 atom stereocenters. The molecule has 1 aromatic rings. The average molecular weight is 279 g/mol. The molecule has 0 aliphatic carbocycles. The lowest BCUT2D eigenvalue weighted by Gasteiger charge is -2.23. The minimum atomic E-state index is 0.163. The van der Waals surface area contributed by atoms with Crippen molar-refractivity contribution in [2.45, 2.75) is 51.5 Å². The van der Waals surface area contributed by atoms with Crippen LogP contribution in [0.5, 0.6) is 0 Å². The van der Waals surface area contributed by atoms with Crippen molar-refractivity contribution in [2.24, 2.45) is 0 Å². The quantitative estimate of drug-likeness (QED) is 0.747. The highest BCUT2D eigenvalue weighted by Gasteiger charge is 2.26. The molecule has 0 aromatic carbocycles. The molecule has 1 saturated heterocycles. The highest BCUT2D eigenvalue weighted by atomic mass is 32.1. The summed E-state index contributed by atoms with van der Waals surface area (Å²) in [5, 5.41) is 1.91. The molecule has 19 heavy (non-hydrogen) atoms. The number of hydrogen-bond donors (Lipinski definition) is 0. The molecule has 0 N–H and O–H groups in total. The Morgan fingerprint density at radius 2 is 2.26 bits per heavy atom. The van der Waals surface area contributed by atoms with E-state index in [9.17, 15) is 9.59 Å². The highest BCUT2D eigenvalue weighted by Crippen LogP contribution is 2.21. The van der Waals surface area contributed by atoms with E-state index in [1.165, 1.54) is 11.3 Å². The van der Waals surface area contributed by atoms with Crippen LogP contribution in [0.1, 0.15) is 55.1 Å². The van der Waals surface area contributed by atoms with Crippen molar-refractivity contribution in [2.75, 3.05) is 6.54 Å². The molecule has 1 amide bonds. The molecule has 2 heterocycles. The average Bonchev–Trinajstić information content (AvgIpc) is 3.09. The van der Waals surface area contributed by atoms with E-state index in [4.69, 9.17) is 0 Å². The van der Waals surface area contributed by atoms with Crippen molar-refractivity contribution in [3.63, 3.8) is 0 Å². The first-order valence-electron chi connectivity index (χ1n) is 7.08.